The third kappa shape index (κ3) is 4.12. The van der Waals surface area contributed by atoms with Crippen molar-refractivity contribution in [3.05, 3.63) is 35.6 Å². The van der Waals surface area contributed by atoms with E-state index in [4.69, 9.17) is 9.72 Å². The smallest absolute Gasteiger partial charge is 0.410 e. The summed E-state index contributed by atoms with van der Waals surface area (Å²) in [6.45, 7) is 7.01. The van der Waals surface area contributed by atoms with Crippen molar-refractivity contribution in [2.75, 3.05) is 13.1 Å². The molecule has 0 radical (unpaired) electrons. The fraction of sp³-hybridized carbons (Fsp3) is 0.500. The maximum atomic E-state index is 12.3. The monoisotopic (exact) mass is 345 g/mol. The zero-order chi connectivity index (χ0) is 17.2. The lowest BCUT2D eigenvalue weighted by Gasteiger charge is -2.33. The number of carbonyl (C=O) groups is 1. The van der Waals surface area contributed by atoms with Crippen molar-refractivity contribution in [2.24, 2.45) is 0 Å². The van der Waals surface area contributed by atoms with Gasteiger partial charge in [-0.3, -0.25) is 0 Å². The number of rotatable bonds is 2. The Labute approximate surface area is 146 Å². The summed E-state index contributed by atoms with van der Waals surface area (Å²) in [5.74, 6) is 0.973. The van der Waals surface area contributed by atoms with Crippen molar-refractivity contribution in [3.8, 4) is 10.6 Å². The minimum absolute atomic E-state index is 0.159. The van der Waals surface area contributed by atoms with Crippen LogP contribution in [0.2, 0.25) is 0 Å². The van der Waals surface area contributed by atoms with Gasteiger partial charge in [0.1, 0.15) is 11.4 Å². The van der Waals surface area contributed by atoms with E-state index in [0.29, 0.717) is 6.54 Å². The molecule has 0 aliphatic carbocycles. The summed E-state index contributed by atoms with van der Waals surface area (Å²) in [5, 5.41) is 2.04. The molecule has 0 saturated carbocycles. The fourth-order valence-electron chi connectivity index (χ4n) is 2.81. The van der Waals surface area contributed by atoms with Gasteiger partial charge in [-0.05, 0) is 51.1 Å². The highest BCUT2D eigenvalue weighted by Crippen LogP contribution is 2.28. The van der Waals surface area contributed by atoms with E-state index in [1.54, 1.807) is 16.2 Å². The van der Waals surface area contributed by atoms with Crippen molar-refractivity contribution in [2.45, 2.75) is 45.1 Å². The van der Waals surface area contributed by atoms with E-state index >= 15 is 0 Å². The fourth-order valence-corrected chi connectivity index (χ4v) is 3.51. The summed E-state index contributed by atoms with van der Waals surface area (Å²) in [6.07, 6.45) is 3.50. The molecule has 1 amide bonds. The molecule has 3 heterocycles. The van der Waals surface area contributed by atoms with Gasteiger partial charge in [-0.1, -0.05) is 6.07 Å². The van der Waals surface area contributed by atoms with Gasteiger partial charge in [0.25, 0.3) is 0 Å². The summed E-state index contributed by atoms with van der Waals surface area (Å²) in [4.78, 5) is 24.4. The number of piperidine rings is 1. The SMILES string of the molecule is CC(C)(C)OC(=O)N1CCCC(c2nccc(-c3cccs3)n2)C1. The topological polar surface area (TPSA) is 55.3 Å². The van der Waals surface area contributed by atoms with Gasteiger partial charge in [0, 0.05) is 25.2 Å². The molecule has 1 unspecified atom stereocenters. The number of likely N-dealkylation sites (tertiary alicyclic amines) is 1. The van der Waals surface area contributed by atoms with E-state index in [1.165, 1.54) is 0 Å². The Morgan fingerprint density at radius 1 is 1.38 bits per heavy atom. The zero-order valence-electron chi connectivity index (χ0n) is 14.4. The third-order valence-electron chi connectivity index (χ3n) is 3.89. The van der Waals surface area contributed by atoms with Gasteiger partial charge >= 0.3 is 6.09 Å². The minimum atomic E-state index is -0.473. The molecule has 2 aromatic rings. The molecule has 0 N–H and O–H groups in total. The average Bonchev–Trinajstić information content (AvgIpc) is 3.08. The molecule has 5 nitrogen and oxygen atoms in total. The molecule has 0 spiro atoms. The molecule has 6 heteroatoms. The Morgan fingerprint density at radius 2 is 2.21 bits per heavy atom. The molecule has 128 valence electrons. The first kappa shape index (κ1) is 16.9. The molecule has 2 aromatic heterocycles. The van der Waals surface area contributed by atoms with Crippen LogP contribution in [0.25, 0.3) is 10.6 Å². The average molecular weight is 345 g/mol. The Hall–Kier alpha value is -1.95. The quantitative estimate of drug-likeness (QED) is 0.813. The van der Waals surface area contributed by atoms with Crippen LogP contribution in [-0.4, -0.2) is 39.7 Å². The summed E-state index contributed by atoms with van der Waals surface area (Å²) in [7, 11) is 0. The normalized spacial score (nSPS) is 18.5. The molecular formula is C18H23N3O2S. The Morgan fingerprint density at radius 3 is 2.92 bits per heavy atom. The predicted molar refractivity (Wildman–Crippen MR) is 95.1 cm³/mol. The first-order valence-corrected chi connectivity index (χ1v) is 9.15. The maximum absolute atomic E-state index is 12.3. The number of aromatic nitrogens is 2. The number of carbonyl (C=O) groups excluding carboxylic acids is 1. The summed E-state index contributed by atoms with van der Waals surface area (Å²) < 4.78 is 5.49. The molecule has 1 aliphatic heterocycles. The number of hydrogen-bond acceptors (Lipinski definition) is 5. The van der Waals surface area contributed by atoms with Gasteiger partial charge in [-0.15, -0.1) is 11.3 Å². The minimum Gasteiger partial charge on any atom is -0.444 e. The van der Waals surface area contributed by atoms with E-state index in [1.807, 2.05) is 44.5 Å². The first-order valence-electron chi connectivity index (χ1n) is 8.27. The van der Waals surface area contributed by atoms with Crippen molar-refractivity contribution < 1.29 is 9.53 Å². The van der Waals surface area contributed by atoms with E-state index in [9.17, 15) is 4.79 Å². The van der Waals surface area contributed by atoms with Crippen LogP contribution < -0.4 is 0 Å². The maximum Gasteiger partial charge on any atom is 0.410 e. The Kier molecular flexibility index (Phi) is 4.85. The highest BCUT2D eigenvalue weighted by Gasteiger charge is 2.29. The predicted octanol–water partition coefficient (Wildman–Crippen LogP) is 4.32. The summed E-state index contributed by atoms with van der Waals surface area (Å²) in [5.41, 5.74) is 0.476. The Bertz CT molecular complexity index is 695. The molecule has 0 bridgehead atoms. The van der Waals surface area contributed by atoms with E-state index in [2.05, 4.69) is 11.1 Å². The van der Waals surface area contributed by atoms with Crippen molar-refractivity contribution >= 4 is 17.4 Å². The number of hydrogen-bond donors (Lipinski definition) is 0. The molecule has 24 heavy (non-hydrogen) atoms. The lowest BCUT2D eigenvalue weighted by Crippen LogP contribution is -2.42. The van der Waals surface area contributed by atoms with E-state index in [-0.39, 0.29) is 12.0 Å². The molecular weight excluding hydrogens is 322 g/mol. The second-order valence-electron chi connectivity index (χ2n) is 7.04. The highest BCUT2D eigenvalue weighted by molar-refractivity contribution is 7.13. The highest BCUT2D eigenvalue weighted by atomic mass is 32.1. The molecule has 1 atom stereocenters. The standard InChI is InChI=1S/C18H23N3O2S/c1-18(2,3)23-17(22)21-10-4-6-13(12-21)16-19-9-8-14(20-16)15-7-5-11-24-15/h5,7-9,11,13H,4,6,10,12H2,1-3H3. The van der Waals surface area contributed by atoms with Gasteiger partial charge < -0.3 is 9.64 Å². The third-order valence-corrected chi connectivity index (χ3v) is 4.78. The van der Waals surface area contributed by atoms with Crippen LogP contribution in [0.3, 0.4) is 0 Å². The molecule has 3 rings (SSSR count). The van der Waals surface area contributed by atoms with Gasteiger partial charge in [-0.25, -0.2) is 14.8 Å². The van der Waals surface area contributed by atoms with E-state index < -0.39 is 5.60 Å². The number of nitrogens with zero attached hydrogens (tertiary/aromatic N) is 3. The van der Waals surface area contributed by atoms with Crippen LogP contribution in [0.1, 0.15) is 45.4 Å². The van der Waals surface area contributed by atoms with Gasteiger partial charge in [-0.2, -0.15) is 0 Å². The molecule has 1 aliphatic rings. The van der Waals surface area contributed by atoms with Crippen LogP contribution in [0.15, 0.2) is 29.8 Å². The first-order chi connectivity index (χ1) is 11.4. The van der Waals surface area contributed by atoms with Gasteiger partial charge in [0.05, 0.1) is 10.6 Å². The van der Waals surface area contributed by atoms with E-state index in [0.717, 1.165) is 35.8 Å². The van der Waals surface area contributed by atoms with Crippen LogP contribution in [0.4, 0.5) is 4.79 Å². The molecule has 0 aromatic carbocycles. The van der Waals surface area contributed by atoms with Crippen LogP contribution >= 0.6 is 11.3 Å². The second-order valence-corrected chi connectivity index (χ2v) is 7.99. The van der Waals surface area contributed by atoms with Gasteiger partial charge in [0.15, 0.2) is 0 Å². The number of ether oxygens (including phenoxy) is 1. The lowest BCUT2D eigenvalue weighted by molar-refractivity contribution is 0.0196. The van der Waals surface area contributed by atoms with Gasteiger partial charge in [0.2, 0.25) is 0 Å². The van der Waals surface area contributed by atoms with Crippen LogP contribution in [0.5, 0.6) is 0 Å². The second kappa shape index (κ2) is 6.89. The summed E-state index contributed by atoms with van der Waals surface area (Å²) >= 11 is 1.67. The number of amides is 1. The zero-order valence-corrected chi connectivity index (χ0v) is 15.2. The number of thiophene rings is 1. The lowest BCUT2D eigenvalue weighted by atomic mass is 9.97. The van der Waals surface area contributed by atoms with Crippen molar-refractivity contribution in [3.63, 3.8) is 0 Å². The molecule has 1 fully saturated rings. The largest absolute Gasteiger partial charge is 0.444 e. The summed E-state index contributed by atoms with van der Waals surface area (Å²) in [6, 6.07) is 6.01. The van der Waals surface area contributed by atoms with Crippen molar-refractivity contribution in [1.82, 2.24) is 14.9 Å². The Balaban J connectivity index is 1.73. The van der Waals surface area contributed by atoms with Crippen LogP contribution in [0, 0.1) is 0 Å². The van der Waals surface area contributed by atoms with Crippen molar-refractivity contribution in [1.29, 1.82) is 0 Å². The molecule has 1 saturated heterocycles. The van der Waals surface area contributed by atoms with Crippen LogP contribution in [-0.2, 0) is 4.74 Å².